The van der Waals surface area contributed by atoms with Crippen molar-refractivity contribution in [2.45, 2.75) is 25.4 Å². The maximum atomic E-state index is 13.3. The van der Waals surface area contributed by atoms with Crippen molar-refractivity contribution < 1.29 is 13.7 Å². The highest BCUT2D eigenvalue weighted by Gasteiger charge is 2.31. The second-order valence-corrected chi connectivity index (χ2v) is 5.54. The Bertz CT molecular complexity index is 882. The Morgan fingerprint density at radius 1 is 1.27 bits per heavy atom. The number of aromatic nitrogens is 4. The van der Waals surface area contributed by atoms with Gasteiger partial charge in [0.1, 0.15) is 30.2 Å². The number of hydrogen-bond acceptors (Lipinski definition) is 5. The van der Waals surface area contributed by atoms with E-state index >= 15 is 0 Å². The Morgan fingerprint density at radius 2 is 2.18 bits per heavy atom. The molecule has 6 nitrogen and oxygen atoms in total. The highest BCUT2D eigenvalue weighted by molar-refractivity contribution is 5.58. The highest BCUT2D eigenvalue weighted by Crippen LogP contribution is 2.40. The summed E-state index contributed by atoms with van der Waals surface area (Å²) in [6, 6.07) is 4.44. The molecule has 1 fully saturated rings. The normalized spacial score (nSPS) is 16.0. The first-order valence-corrected chi connectivity index (χ1v) is 7.12. The van der Waals surface area contributed by atoms with Crippen molar-refractivity contribution in [3.63, 3.8) is 0 Å². The molecular weight excluding hydrogens is 287 g/mol. The minimum atomic E-state index is -0.324. The van der Waals surface area contributed by atoms with Crippen LogP contribution < -0.4 is 4.74 Å². The first-order valence-electron chi connectivity index (χ1n) is 7.12. The molecule has 0 bridgehead atoms. The summed E-state index contributed by atoms with van der Waals surface area (Å²) in [7, 11) is 0. The second-order valence-electron chi connectivity index (χ2n) is 5.54. The van der Waals surface area contributed by atoms with Gasteiger partial charge in [-0.05, 0) is 25.0 Å². The van der Waals surface area contributed by atoms with Crippen molar-refractivity contribution in [3.05, 3.63) is 41.9 Å². The van der Waals surface area contributed by atoms with Gasteiger partial charge >= 0.3 is 0 Å². The van der Waals surface area contributed by atoms with Gasteiger partial charge < -0.3 is 9.26 Å². The van der Waals surface area contributed by atoms with E-state index in [2.05, 4.69) is 15.1 Å². The molecule has 22 heavy (non-hydrogen) atoms. The molecule has 0 N–H and O–H groups in total. The topological polar surface area (TPSA) is 66.0 Å². The Morgan fingerprint density at radius 3 is 3.05 bits per heavy atom. The van der Waals surface area contributed by atoms with E-state index in [1.807, 2.05) is 4.57 Å². The number of halogens is 1. The van der Waals surface area contributed by atoms with Gasteiger partial charge in [0, 0.05) is 12.0 Å². The van der Waals surface area contributed by atoms with Crippen LogP contribution >= 0.6 is 0 Å². The Hall–Kier alpha value is -2.70. The molecular formula is C15H11FN4O2. The van der Waals surface area contributed by atoms with Crippen LogP contribution in [0, 0.1) is 5.82 Å². The third kappa shape index (κ3) is 1.68. The van der Waals surface area contributed by atoms with Crippen LogP contribution in [-0.4, -0.2) is 19.7 Å². The van der Waals surface area contributed by atoms with E-state index in [1.165, 1.54) is 12.1 Å². The first-order chi connectivity index (χ1) is 10.8. The summed E-state index contributed by atoms with van der Waals surface area (Å²) in [6.07, 6.45) is 3.88. The molecule has 3 aromatic rings. The predicted octanol–water partition coefficient (Wildman–Crippen LogP) is 2.83. The number of rotatable bonds is 2. The van der Waals surface area contributed by atoms with Gasteiger partial charge in [-0.25, -0.2) is 9.37 Å². The van der Waals surface area contributed by atoms with E-state index in [0.717, 1.165) is 24.2 Å². The lowest BCUT2D eigenvalue weighted by molar-refractivity contribution is 0.284. The maximum Gasteiger partial charge on any atom is 0.230 e. The molecule has 0 unspecified atom stereocenters. The molecule has 2 aliphatic rings. The van der Waals surface area contributed by atoms with E-state index < -0.39 is 0 Å². The molecule has 110 valence electrons. The SMILES string of the molecule is Fc1ccc2c(c1)OCc1c(-c3noc(C4CC4)n3)ncn1-2. The van der Waals surface area contributed by atoms with Crippen molar-refractivity contribution in [1.82, 2.24) is 19.7 Å². The zero-order valence-electron chi connectivity index (χ0n) is 11.5. The molecule has 3 heterocycles. The van der Waals surface area contributed by atoms with E-state index in [1.54, 1.807) is 12.4 Å². The summed E-state index contributed by atoms with van der Waals surface area (Å²) in [5.41, 5.74) is 2.24. The number of nitrogens with zero attached hydrogens (tertiary/aromatic N) is 4. The van der Waals surface area contributed by atoms with Crippen molar-refractivity contribution in [3.8, 4) is 23.0 Å². The van der Waals surface area contributed by atoms with Gasteiger partial charge in [-0.15, -0.1) is 0 Å². The number of benzene rings is 1. The smallest absolute Gasteiger partial charge is 0.230 e. The quantitative estimate of drug-likeness (QED) is 0.728. The van der Waals surface area contributed by atoms with Crippen LogP contribution in [0.4, 0.5) is 4.39 Å². The lowest BCUT2D eigenvalue weighted by Crippen LogP contribution is -2.12. The molecule has 0 radical (unpaired) electrons. The van der Waals surface area contributed by atoms with Crippen LogP contribution in [0.15, 0.2) is 29.0 Å². The van der Waals surface area contributed by atoms with Gasteiger partial charge in [-0.1, -0.05) is 5.16 Å². The summed E-state index contributed by atoms with van der Waals surface area (Å²) >= 11 is 0. The minimum Gasteiger partial charge on any atom is -0.485 e. The van der Waals surface area contributed by atoms with Crippen LogP contribution in [0.5, 0.6) is 5.75 Å². The monoisotopic (exact) mass is 298 g/mol. The van der Waals surface area contributed by atoms with Gasteiger partial charge in [0.15, 0.2) is 0 Å². The lowest BCUT2D eigenvalue weighted by atomic mass is 10.2. The third-order valence-electron chi connectivity index (χ3n) is 3.99. The lowest BCUT2D eigenvalue weighted by Gasteiger charge is -2.20. The van der Waals surface area contributed by atoms with Crippen LogP contribution in [-0.2, 0) is 6.61 Å². The fourth-order valence-electron chi connectivity index (χ4n) is 2.68. The summed E-state index contributed by atoms with van der Waals surface area (Å²) in [6.45, 7) is 0.291. The number of ether oxygens (including phenoxy) is 1. The van der Waals surface area contributed by atoms with Crippen LogP contribution in [0.3, 0.4) is 0 Å². The molecule has 7 heteroatoms. The van der Waals surface area contributed by atoms with Gasteiger partial charge in [0.05, 0.1) is 11.4 Å². The molecule has 5 rings (SSSR count). The third-order valence-corrected chi connectivity index (χ3v) is 3.99. The fourth-order valence-corrected chi connectivity index (χ4v) is 2.68. The predicted molar refractivity (Wildman–Crippen MR) is 73.1 cm³/mol. The van der Waals surface area contributed by atoms with Gasteiger partial charge in [-0.3, -0.25) is 4.57 Å². The number of fused-ring (bicyclic) bond motifs is 3. The van der Waals surface area contributed by atoms with E-state index in [0.29, 0.717) is 35.7 Å². The molecule has 0 amide bonds. The Balaban J connectivity index is 1.61. The van der Waals surface area contributed by atoms with Crippen LogP contribution in [0.1, 0.15) is 30.3 Å². The van der Waals surface area contributed by atoms with Crippen LogP contribution in [0.2, 0.25) is 0 Å². The van der Waals surface area contributed by atoms with Gasteiger partial charge in [0.2, 0.25) is 11.7 Å². The zero-order valence-corrected chi connectivity index (χ0v) is 11.5. The molecule has 1 aliphatic heterocycles. The average molecular weight is 298 g/mol. The molecule has 0 atom stereocenters. The van der Waals surface area contributed by atoms with Crippen molar-refractivity contribution in [2.75, 3.05) is 0 Å². The molecule has 0 spiro atoms. The molecule has 0 saturated heterocycles. The van der Waals surface area contributed by atoms with Crippen molar-refractivity contribution in [2.24, 2.45) is 0 Å². The molecule has 1 saturated carbocycles. The fraction of sp³-hybridized carbons (Fsp3) is 0.267. The van der Waals surface area contributed by atoms with Crippen LogP contribution in [0.25, 0.3) is 17.2 Å². The van der Waals surface area contributed by atoms with E-state index in [-0.39, 0.29) is 5.82 Å². The average Bonchev–Trinajstić information content (AvgIpc) is 3.10. The largest absolute Gasteiger partial charge is 0.485 e. The summed E-state index contributed by atoms with van der Waals surface area (Å²) in [5.74, 6) is 1.73. The second kappa shape index (κ2) is 4.16. The van der Waals surface area contributed by atoms with E-state index in [9.17, 15) is 4.39 Å². The summed E-state index contributed by atoms with van der Waals surface area (Å²) in [5, 5.41) is 4.02. The first kappa shape index (κ1) is 11.9. The molecule has 1 aromatic carbocycles. The molecule has 2 aromatic heterocycles. The Kier molecular flexibility index (Phi) is 2.25. The highest BCUT2D eigenvalue weighted by atomic mass is 19.1. The van der Waals surface area contributed by atoms with Gasteiger partial charge in [0.25, 0.3) is 0 Å². The van der Waals surface area contributed by atoms with Gasteiger partial charge in [-0.2, -0.15) is 4.98 Å². The van der Waals surface area contributed by atoms with E-state index in [4.69, 9.17) is 9.26 Å². The minimum absolute atomic E-state index is 0.291. The summed E-state index contributed by atoms with van der Waals surface area (Å²) in [4.78, 5) is 8.81. The Labute approximate surface area is 124 Å². The summed E-state index contributed by atoms with van der Waals surface area (Å²) < 4.78 is 26.1. The molecule has 1 aliphatic carbocycles. The number of imidazole rings is 1. The van der Waals surface area contributed by atoms with Crippen molar-refractivity contribution in [1.29, 1.82) is 0 Å². The maximum absolute atomic E-state index is 13.3. The standard InChI is InChI=1S/C15H11FN4O2/c16-9-3-4-10-12(5-9)21-6-11-13(17-7-20(10)11)14-18-15(22-19-14)8-1-2-8/h3-5,7-8H,1-2,6H2. The van der Waals surface area contributed by atoms with Crippen molar-refractivity contribution >= 4 is 0 Å². The number of hydrogen-bond donors (Lipinski definition) is 0. The zero-order chi connectivity index (χ0) is 14.7.